The minimum atomic E-state index is -0.750. The van der Waals surface area contributed by atoms with E-state index in [1.54, 1.807) is 14.0 Å². The SMILES string of the molecule is CCCOC(C)(COC)C(=O)CC. The summed E-state index contributed by atoms with van der Waals surface area (Å²) in [4.78, 5) is 11.5. The lowest BCUT2D eigenvalue weighted by molar-refractivity contribution is -0.149. The van der Waals surface area contributed by atoms with Crippen LogP contribution in [-0.4, -0.2) is 31.7 Å². The summed E-state index contributed by atoms with van der Waals surface area (Å²) >= 11 is 0. The van der Waals surface area contributed by atoms with Gasteiger partial charge in [0, 0.05) is 20.1 Å². The monoisotopic (exact) mass is 188 g/mol. The van der Waals surface area contributed by atoms with E-state index in [1.165, 1.54) is 0 Å². The first kappa shape index (κ1) is 12.6. The highest BCUT2D eigenvalue weighted by atomic mass is 16.5. The minimum absolute atomic E-state index is 0.0998. The summed E-state index contributed by atoms with van der Waals surface area (Å²) in [7, 11) is 1.58. The number of ether oxygens (including phenoxy) is 2. The van der Waals surface area contributed by atoms with Crippen molar-refractivity contribution in [2.24, 2.45) is 0 Å². The maximum atomic E-state index is 11.5. The van der Waals surface area contributed by atoms with Gasteiger partial charge in [0.2, 0.25) is 0 Å². The molecule has 0 radical (unpaired) electrons. The van der Waals surface area contributed by atoms with Crippen LogP contribution in [0.5, 0.6) is 0 Å². The Labute approximate surface area is 80.4 Å². The van der Waals surface area contributed by atoms with E-state index in [2.05, 4.69) is 0 Å². The lowest BCUT2D eigenvalue weighted by Crippen LogP contribution is -2.42. The molecule has 1 atom stereocenters. The van der Waals surface area contributed by atoms with Crippen molar-refractivity contribution in [1.29, 1.82) is 0 Å². The van der Waals surface area contributed by atoms with Crippen molar-refractivity contribution in [3.05, 3.63) is 0 Å². The average Bonchev–Trinajstić information content (AvgIpc) is 2.14. The molecule has 3 nitrogen and oxygen atoms in total. The summed E-state index contributed by atoms with van der Waals surface area (Å²) in [6.45, 7) is 6.58. The maximum Gasteiger partial charge on any atom is 0.166 e. The Balaban J connectivity index is 4.23. The zero-order valence-electron chi connectivity index (χ0n) is 9.05. The molecule has 0 N–H and O–H groups in total. The number of hydrogen-bond acceptors (Lipinski definition) is 3. The molecule has 0 saturated carbocycles. The van der Waals surface area contributed by atoms with Gasteiger partial charge in [0.1, 0.15) is 5.60 Å². The molecule has 3 heteroatoms. The molecule has 0 aliphatic carbocycles. The maximum absolute atomic E-state index is 11.5. The normalized spacial score (nSPS) is 15.4. The molecule has 0 amide bonds. The molecule has 0 saturated heterocycles. The van der Waals surface area contributed by atoms with Gasteiger partial charge in [-0.2, -0.15) is 0 Å². The van der Waals surface area contributed by atoms with Gasteiger partial charge in [-0.05, 0) is 13.3 Å². The predicted molar refractivity (Wildman–Crippen MR) is 51.8 cm³/mol. The first-order valence-corrected chi connectivity index (χ1v) is 4.77. The van der Waals surface area contributed by atoms with Crippen molar-refractivity contribution in [1.82, 2.24) is 0 Å². The Morgan fingerprint density at radius 1 is 1.38 bits per heavy atom. The highest BCUT2D eigenvalue weighted by molar-refractivity contribution is 5.86. The van der Waals surface area contributed by atoms with Crippen molar-refractivity contribution in [3.8, 4) is 0 Å². The van der Waals surface area contributed by atoms with Crippen molar-refractivity contribution < 1.29 is 14.3 Å². The molecule has 0 aromatic heterocycles. The third-order valence-corrected chi connectivity index (χ3v) is 1.96. The molecule has 0 aromatic rings. The number of hydrogen-bond donors (Lipinski definition) is 0. The van der Waals surface area contributed by atoms with E-state index in [1.807, 2.05) is 13.8 Å². The molecular weight excluding hydrogens is 168 g/mol. The zero-order valence-corrected chi connectivity index (χ0v) is 9.05. The molecule has 0 fully saturated rings. The molecule has 0 bridgehead atoms. The Kier molecular flexibility index (Phi) is 5.91. The van der Waals surface area contributed by atoms with Crippen LogP contribution in [0.15, 0.2) is 0 Å². The smallest absolute Gasteiger partial charge is 0.166 e. The summed E-state index contributed by atoms with van der Waals surface area (Å²) < 4.78 is 10.5. The van der Waals surface area contributed by atoms with Gasteiger partial charge >= 0.3 is 0 Å². The van der Waals surface area contributed by atoms with E-state index in [4.69, 9.17) is 9.47 Å². The van der Waals surface area contributed by atoms with E-state index in [-0.39, 0.29) is 5.78 Å². The van der Waals surface area contributed by atoms with E-state index >= 15 is 0 Å². The third kappa shape index (κ3) is 3.87. The van der Waals surface area contributed by atoms with Gasteiger partial charge in [0.15, 0.2) is 5.78 Å². The molecular formula is C10H20O3. The van der Waals surface area contributed by atoms with E-state index in [0.29, 0.717) is 19.6 Å². The molecule has 0 heterocycles. The number of carbonyl (C=O) groups excluding carboxylic acids is 1. The van der Waals surface area contributed by atoms with Crippen molar-refractivity contribution in [2.45, 2.75) is 39.2 Å². The molecule has 0 rings (SSSR count). The van der Waals surface area contributed by atoms with E-state index < -0.39 is 5.60 Å². The van der Waals surface area contributed by atoms with Crippen LogP contribution in [-0.2, 0) is 14.3 Å². The lowest BCUT2D eigenvalue weighted by atomic mass is 10.00. The van der Waals surface area contributed by atoms with Gasteiger partial charge in [0.25, 0.3) is 0 Å². The van der Waals surface area contributed by atoms with Crippen LogP contribution in [0, 0.1) is 0 Å². The Morgan fingerprint density at radius 3 is 2.38 bits per heavy atom. The summed E-state index contributed by atoms with van der Waals surface area (Å²) in [6.07, 6.45) is 1.40. The van der Waals surface area contributed by atoms with Crippen molar-refractivity contribution >= 4 is 5.78 Å². The largest absolute Gasteiger partial charge is 0.381 e. The second kappa shape index (κ2) is 6.11. The Morgan fingerprint density at radius 2 is 2.00 bits per heavy atom. The van der Waals surface area contributed by atoms with Gasteiger partial charge in [-0.25, -0.2) is 0 Å². The number of methoxy groups -OCH3 is 1. The van der Waals surface area contributed by atoms with Gasteiger partial charge < -0.3 is 9.47 Å². The predicted octanol–water partition coefficient (Wildman–Crippen LogP) is 1.80. The molecule has 0 aliphatic rings. The molecule has 0 aliphatic heterocycles. The first-order valence-electron chi connectivity index (χ1n) is 4.77. The number of ketones is 1. The Hall–Kier alpha value is -0.410. The van der Waals surface area contributed by atoms with Crippen LogP contribution < -0.4 is 0 Å². The van der Waals surface area contributed by atoms with Gasteiger partial charge in [-0.1, -0.05) is 13.8 Å². The van der Waals surface area contributed by atoms with E-state index in [0.717, 1.165) is 6.42 Å². The summed E-state index contributed by atoms with van der Waals surface area (Å²) in [5, 5.41) is 0. The fourth-order valence-electron chi connectivity index (χ4n) is 1.18. The zero-order chi connectivity index (χ0) is 10.3. The molecule has 0 spiro atoms. The van der Waals surface area contributed by atoms with Crippen LogP contribution in [0.3, 0.4) is 0 Å². The Bertz CT molecular complexity index is 156. The molecule has 78 valence electrons. The first-order chi connectivity index (χ1) is 6.10. The summed E-state index contributed by atoms with van der Waals surface area (Å²) in [5.74, 6) is 0.0998. The quantitative estimate of drug-likeness (QED) is 0.611. The highest BCUT2D eigenvalue weighted by Crippen LogP contribution is 2.14. The third-order valence-electron chi connectivity index (χ3n) is 1.96. The van der Waals surface area contributed by atoms with E-state index in [9.17, 15) is 4.79 Å². The van der Waals surface area contributed by atoms with Crippen LogP contribution >= 0.6 is 0 Å². The van der Waals surface area contributed by atoms with Crippen LogP contribution in [0.1, 0.15) is 33.6 Å². The standard InChI is InChI=1S/C10H20O3/c1-5-7-13-10(3,8-12-4)9(11)6-2/h5-8H2,1-4H3. The molecule has 13 heavy (non-hydrogen) atoms. The molecule has 1 unspecified atom stereocenters. The number of carbonyl (C=O) groups is 1. The second-order valence-electron chi connectivity index (χ2n) is 3.29. The highest BCUT2D eigenvalue weighted by Gasteiger charge is 2.32. The topological polar surface area (TPSA) is 35.5 Å². The van der Waals surface area contributed by atoms with Crippen LogP contribution in [0.4, 0.5) is 0 Å². The average molecular weight is 188 g/mol. The second-order valence-corrected chi connectivity index (χ2v) is 3.29. The molecule has 0 aromatic carbocycles. The number of rotatable bonds is 7. The van der Waals surface area contributed by atoms with Crippen molar-refractivity contribution in [3.63, 3.8) is 0 Å². The summed E-state index contributed by atoms with van der Waals surface area (Å²) in [5.41, 5.74) is -0.750. The fourth-order valence-corrected chi connectivity index (χ4v) is 1.18. The van der Waals surface area contributed by atoms with Gasteiger partial charge in [-0.3, -0.25) is 4.79 Å². The van der Waals surface area contributed by atoms with Gasteiger partial charge in [-0.15, -0.1) is 0 Å². The van der Waals surface area contributed by atoms with Crippen molar-refractivity contribution in [2.75, 3.05) is 20.3 Å². The van der Waals surface area contributed by atoms with Gasteiger partial charge in [0.05, 0.1) is 6.61 Å². The lowest BCUT2D eigenvalue weighted by Gasteiger charge is -2.27. The minimum Gasteiger partial charge on any atom is -0.381 e. The van der Waals surface area contributed by atoms with Crippen LogP contribution in [0.2, 0.25) is 0 Å². The summed E-state index contributed by atoms with van der Waals surface area (Å²) in [6, 6.07) is 0. The fraction of sp³-hybridized carbons (Fsp3) is 0.900. The van der Waals surface area contributed by atoms with Crippen LogP contribution in [0.25, 0.3) is 0 Å². The number of Topliss-reactive ketones (excluding diaryl/α,β-unsaturated/α-hetero) is 1.